The van der Waals surface area contributed by atoms with Crippen molar-refractivity contribution < 1.29 is 32.9 Å². The predicted molar refractivity (Wildman–Crippen MR) is 149 cm³/mol. The summed E-state index contributed by atoms with van der Waals surface area (Å²) in [5.41, 5.74) is 0.892. The van der Waals surface area contributed by atoms with Crippen LogP contribution in [-0.4, -0.2) is 76.9 Å². The largest absolute Gasteiger partial charge is 0.493 e. The number of nitrogens with one attached hydrogen (secondary N) is 2. The Morgan fingerprint density at radius 2 is 1.62 bits per heavy atom. The summed E-state index contributed by atoms with van der Waals surface area (Å²) in [4.78, 5) is 28.4. The quantitative estimate of drug-likeness (QED) is 0.382. The lowest BCUT2D eigenvalue weighted by molar-refractivity contribution is -0.124. The van der Waals surface area contributed by atoms with Crippen molar-refractivity contribution in [2.24, 2.45) is 0 Å². The van der Waals surface area contributed by atoms with Crippen molar-refractivity contribution in [3.05, 3.63) is 53.3 Å². The van der Waals surface area contributed by atoms with E-state index in [9.17, 15) is 14.0 Å². The third-order valence-corrected chi connectivity index (χ3v) is 7.05. The number of ether oxygens (including phenoxy) is 4. The third kappa shape index (κ3) is 8.20. The SMILES string of the molecule is COC[C@H](NC(=O)c1cc(OC)c(OCc2ccc(F)cc2)c(OC)c1)C(=O)NCC1(N(C)C)CCCC1.Cl. The molecule has 2 aromatic rings. The van der Waals surface area contributed by atoms with Gasteiger partial charge in [-0.05, 0) is 56.8 Å². The van der Waals surface area contributed by atoms with Gasteiger partial charge in [0.15, 0.2) is 11.5 Å². The van der Waals surface area contributed by atoms with Gasteiger partial charge in [0.1, 0.15) is 18.5 Å². The first kappa shape index (κ1) is 32.1. The summed E-state index contributed by atoms with van der Waals surface area (Å²) in [5.74, 6) is -0.293. The van der Waals surface area contributed by atoms with E-state index in [-0.39, 0.29) is 59.9 Å². The van der Waals surface area contributed by atoms with Crippen LogP contribution in [0.1, 0.15) is 41.6 Å². The molecule has 0 saturated heterocycles. The van der Waals surface area contributed by atoms with Gasteiger partial charge in [0, 0.05) is 24.8 Å². The predicted octanol–water partition coefficient (Wildman–Crippen LogP) is 3.58. The van der Waals surface area contributed by atoms with Crippen molar-refractivity contribution >= 4 is 24.2 Å². The van der Waals surface area contributed by atoms with E-state index in [1.54, 1.807) is 12.1 Å². The summed E-state index contributed by atoms with van der Waals surface area (Å²) in [6.45, 7) is 0.652. The van der Waals surface area contributed by atoms with Gasteiger partial charge in [-0.25, -0.2) is 4.39 Å². The van der Waals surface area contributed by atoms with Crippen molar-refractivity contribution in [3.8, 4) is 17.2 Å². The molecule has 0 unspecified atom stereocenters. The lowest BCUT2D eigenvalue weighted by Crippen LogP contribution is -2.55. The molecule has 1 atom stereocenters. The minimum atomic E-state index is -0.889. The highest BCUT2D eigenvalue weighted by Crippen LogP contribution is 2.39. The van der Waals surface area contributed by atoms with Crippen LogP contribution < -0.4 is 24.8 Å². The number of carbonyl (C=O) groups excluding carboxylic acids is 2. The summed E-state index contributed by atoms with van der Waals surface area (Å²) in [6, 6.07) is 8.06. The number of methoxy groups -OCH3 is 3. The number of benzene rings is 2. The Hall–Kier alpha value is -3.08. The molecule has 0 bridgehead atoms. The maximum Gasteiger partial charge on any atom is 0.252 e. The fraction of sp³-hybridized carbons (Fsp3) is 0.500. The zero-order chi connectivity index (χ0) is 27.7. The average Bonchev–Trinajstić information content (AvgIpc) is 3.41. The first-order chi connectivity index (χ1) is 18.2. The summed E-state index contributed by atoms with van der Waals surface area (Å²) in [7, 11) is 8.43. The van der Waals surface area contributed by atoms with Gasteiger partial charge >= 0.3 is 0 Å². The van der Waals surface area contributed by atoms with E-state index in [4.69, 9.17) is 18.9 Å². The van der Waals surface area contributed by atoms with Crippen LogP contribution in [0.15, 0.2) is 36.4 Å². The van der Waals surface area contributed by atoms with Crippen LogP contribution in [0.3, 0.4) is 0 Å². The minimum absolute atomic E-state index is 0. The molecule has 1 aliphatic carbocycles. The van der Waals surface area contributed by atoms with Crippen LogP contribution >= 0.6 is 12.4 Å². The summed E-state index contributed by atoms with van der Waals surface area (Å²) in [5, 5.41) is 5.77. The topological polar surface area (TPSA) is 98.4 Å². The Balaban J connectivity index is 0.00000533. The molecule has 2 N–H and O–H groups in total. The third-order valence-electron chi connectivity index (χ3n) is 7.05. The lowest BCUT2D eigenvalue weighted by atomic mass is 9.96. The van der Waals surface area contributed by atoms with Gasteiger partial charge in [0.05, 0.1) is 20.8 Å². The summed E-state index contributed by atoms with van der Waals surface area (Å²) < 4.78 is 35.2. The zero-order valence-corrected chi connectivity index (χ0v) is 24.0. The molecule has 2 aromatic carbocycles. The van der Waals surface area contributed by atoms with Crippen LogP contribution in [0.5, 0.6) is 17.2 Å². The maximum atomic E-state index is 13.2. The van der Waals surface area contributed by atoms with E-state index >= 15 is 0 Å². The number of carbonyl (C=O) groups is 2. The number of likely N-dealkylation sites (N-methyl/N-ethyl adjacent to an activating group) is 1. The monoisotopic (exact) mass is 567 g/mol. The average molecular weight is 568 g/mol. The summed E-state index contributed by atoms with van der Waals surface area (Å²) in [6.07, 6.45) is 4.27. The van der Waals surface area contributed by atoms with Crippen molar-refractivity contribution in [1.82, 2.24) is 15.5 Å². The Labute approximate surface area is 235 Å². The molecule has 1 fully saturated rings. The molecule has 1 aliphatic rings. The second-order valence-electron chi connectivity index (χ2n) is 9.65. The van der Waals surface area contributed by atoms with Gasteiger partial charge in [0.25, 0.3) is 5.91 Å². The van der Waals surface area contributed by atoms with Crippen LogP contribution in [0.25, 0.3) is 0 Å². The first-order valence-corrected chi connectivity index (χ1v) is 12.6. The molecule has 39 heavy (non-hydrogen) atoms. The fourth-order valence-electron chi connectivity index (χ4n) is 4.67. The van der Waals surface area contributed by atoms with E-state index < -0.39 is 11.9 Å². The number of nitrogens with zero attached hydrogens (tertiary/aromatic N) is 1. The zero-order valence-electron chi connectivity index (χ0n) is 23.2. The second-order valence-corrected chi connectivity index (χ2v) is 9.65. The van der Waals surface area contributed by atoms with Crippen LogP contribution in [0.4, 0.5) is 4.39 Å². The van der Waals surface area contributed by atoms with Crippen molar-refractivity contribution in [2.45, 2.75) is 43.9 Å². The molecule has 0 aromatic heterocycles. The highest BCUT2D eigenvalue weighted by Gasteiger charge is 2.37. The molecule has 0 heterocycles. The van der Waals surface area contributed by atoms with E-state index in [2.05, 4.69) is 15.5 Å². The van der Waals surface area contributed by atoms with E-state index in [0.29, 0.717) is 12.3 Å². The number of hydrogen-bond acceptors (Lipinski definition) is 7. The van der Waals surface area contributed by atoms with Gasteiger partial charge in [0.2, 0.25) is 11.7 Å². The van der Waals surface area contributed by atoms with Gasteiger partial charge < -0.3 is 34.5 Å². The molecule has 216 valence electrons. The number of rotatable bonds is 13. The van der Waals surface area contributed by atoms with Crippen LogP contribution in [0, 0.1) is 5.82 Å². The van der Waals surface area contributed by atoms with E-state index in [1.807, 2.05) is 14.1 Å². The Kier molecular flexibility index (Phi) is 12.3. The highest BCUT2D eigenvalue weighted by molar-refractivity contribution is 5.98. The highest BCUT2D eigenvalue weighted by atomic mass is 35.5. The molecule has 2 amide bonds. The number of hydrogen-bond donors (Lipinski definition) is 2. The number of amides is 2. The molecule has 11 heteroatoms. The van der Waals surface area contributed by atoms with E-state index in [1.165, 1.54) is 45.6 Å². The van der Waals surface area contributed by atoms with Gasteiger partial charge in [-0.1, -0.05) is 25.0 Å². The first-order valence-electron chi connectivity index (χ1n) is 12.6. The van der Waals surface area contributed by atoms with Gasteiger partial charge in [-0.3, -0.25) is 9.59 Å². The molecular weight excluding hydrogens is 529 g/mol. The van der Waals surface area contributed by atoms with Crippen molar-refractivity contribution in [2.75, 3.05) is 48.6 Å². The maximum absolute atomic E-state index is 13.2. The fourth-order valence-corrected chi connectivity index (χ4v) is 4.67. The molecule has 0 aliphatic heterocycles. The smallest absolute Gasteiger partial charge is 0.252 e. The molecule has 0 radical (unpaired) electrons. The standard InChI is InChI=1S/C28H38FN3O6.ClH/c1-32(2)28(12-6-7-13-28)18-30-27(34)22(17-35-3)31-26(33)20-14-23(36-4)25(24(15-20)37-5)38-16-19-8-10-21(29)11-9-19;/h8-11,14-15,22H,6-7,12-13,16-18H2,1-5H3,(H,30,34)(H,31,33);1H/t22-;/m0./s1. The van der Waals surface area contributed by atoms with Crippen LogP contribution in [0.2, 0.25) is 0 Å². The molecular formula is C28H39ClFN3O6. The van der Waals surface area contributed by atoms with Crippen molar-refractivity contribution in [1.29, 1.82) is 0 Å². The minimum Gasteiger partial charge on any atom is -0.493 e. The second kappa shape index (κ2) is 14.9. The van der Waals surface area contributed by atoms with Crippen LogP contribution in [-0.2, 0) is 16.1 Å². The molecule has 0 spiro atoms. The molecule has 1 saturated carbocycles. The normalized spacial score (nSPS) is 14.7. The summed E-state index contributed by atoms with van der Waals surface area (Å²) >= 11 is 0. The van der Waals surface area contributed by atoms with Gasteiger partial charge in [-0.15, -0.1) is 12.4 Å². The lowest BCUT2D eigenvalue weighted by Gasteiger charge is -2.36. The van der Waals surface area contributed by atoms with Crippen molar-refractivity contribution in [3.63, 3.8) is 0 Å². The van der Waals surface area contributed by atoms with E-state index in [0.717, 1.165) is 31.2 Å². The Bertz CT molecular complexity index is 1070. The molecule has 9 nitrogen and oxygen atoms in total. The Morgan fingerprint density at radius 1 is 1.03 bits per heavy atom. The van der Waals surface area contributed by atoms with Gasteiger partial charge in [-0.2, -0.15) is 0 Å². The molecule has 3 rings (SSSR count). The Morgan fingerprint density at radius 3 is 2.13 bits per heavy atom. The number of halogens is 2.